The van der Waals surface area contributed by atoms with Crippen LogP contribution in [0, 0.1) is 5.92 Å². The highest BCUT2D eigenvalue weighted by atomic mass is 16.6. The molecule has 148 valence electrons. The van der Waals surface area contributed by atoms with Crippen molar-refractivity contribution in [2.75, 3.05) is 25.0 Å². The second kappa shape index (κ2) is 8.88. The van der Waals surface area contributed by atoms with Crippen LogP contribution in [0.2, 0.25) is 0 Å². The van der Waals surface area contributed by atoms with Crippen LogP contribution in [0.1, 0.15) is 50.9 Å². The topological polar surface area (TPSA) is 84.9 Å². The van der Waals surface area contributed by atoms with Gasteiger partial charge in [-0.05, 0) is 52.7 Å². The van der Waals surface area contributed by atoms with Gasteiger partial charge >= 0.3 is 12.1 Å². The van der Waals surface area contributed by atoms with E-state index in [9.17, 15) is 14.4 Å². The van der Waals surface area contributed by atoms with Crippen molar-refractivity contribution < 1.29 is 23.9 Å². The maximum Gasteiger partial charge on any atom is 0.410 e. The number of rotatable bonds is 4. The number of piperidine rings is 1. The summed E-state index contributed by atoms with van der Waals surface area (Å²) in [5, 5.41) is 2.83. The molecular formula is C20H28N2O5. The minimum atomic E-state index is -0.540. The molecule has 1 heterocycles. The molecule has 7 nitrogen and oxygen atoms in total. The number of nitrogens with zero attached hydrogens (tertiary/aromatic N) is 1. The van der Waals surface area contributed by atoms with Gasteiger partial charge in [-0.15, -0.1) is 0 Å². The molecule has 0 spiro atoms. The molecule has 0 atom stereocenters. The van der Waals surface area contributed by atoms with Gasteiger partial charge in [0.1, 0.15) is 5.60 Å². The molecule has 0 saturated carbocycles. The van der Waals surface area contributed by atoms with Crippen molar-refractivity contribution in [3.8, 4) is 0 Å². The van der Waals surface area contributed by atoms with Crippen LogP contribution in [0.3, 0.4) is 0 Å². The fourth-order valence-corrected chi connectivity index (χ4v) is 2.86. The third-order valence-electron chi connectivity index (χ3n) is 4.20. The van der Waals surface area contributed by atoms with Crippen molar-refractivity contribution in [3.05, 3.63) is 29.8 Å². The van der Waals surface area contributed by atoms with E-state index in [-0.39, 0.29) is 24.5 Å². The highest BCUT2D eigenvalue weighted by molar-refractivity contribution is 6.01. The first-order valence-electron chi connectivity index (χ1n) is 9.26. The fourth-order valence-electron chi connectivity index (χ4n) is 2.86. The zero-order chi connectivity index (χ0) is 20.0. The smallest absolute Gasteiger partial charge is 0.410 e. The summed E-state index contributed by atoms with van der Waals surface area (Å²) in [6.07, 6.45) is 0.744. The van der Waals surface area contributed by atoms with Crippen LogP contribution in [0.4, 0.5) is 10.5 Å². The molecule has 0 aromatic heterocycles. The Morgan fingerprint density at radius 3 is 2.37 bits per heavy atom. The maximum atomic E-state index is 12.6. The number of para-hydroxylation sites is 1. The highest BCUT2D eigenvalue weighted by Crippen LogP contribution is 2.23. The Bertz CT molecular complexity index is 688. The van der Waals surface area contributed by atoms with Gasteiger partial charge in [0, 0.05) is 19.0 Å². The Labute approximate surface area is 160 Å². The van der Waals surface area contributed by atoms with Crippen LogP contribution in [-0.2, 0) is 14.3 Å². The second-order valence-electron chi connectivity index (χ2n) is 7.50. The van der Waals surface area contributed by atoms with E-state index >= 15 is 0 Å². The lowest BCUT2D eigenvalue weighted by Crippen LogP contribution is -2.43. The van der Waals surface area contributed by atoms with Gasteiger partial charge in [0.15, 0.2) is 0 Å². The number of hydrogen-bond donors (Lipinski definition) is 1. The molecule has 7 heteroatoms. The zero-order valence-corrected chi connectivity index (χ0v) is 16.4. The van der Waals surface area contributed by atoms with E-state index < -0.39 is 11.6 Å². The number of nitrogens with one attached hydrogen (secondary N) is 1. The first kappa shape index (κ1) is 20.7. The molecular weight excluding hydrogens is 348 g/mol. The summed E-state index contributed by atoms with van der Waals surface area (Å²) in [4.78, 5) is 38.4. The molecule has 1 aromatic rings. The minimum absolute atomic E-state index is 0.157. The van der Waals surface area contributed by atoms with Crippen molar-refractivity contribution in [2.45, 2.75) is 46.1 Å². The molecule has 27 heavy (non-hydrogen) atoms. The number of ether oxygens (including phenoxy) is 2. The molecule has 1 saturated heterocycles. The first-order chi connectivity index (χ1) is 12.7. The van der Waals surface area contributed by atoms with Crippen LogP contribution in [0.25, 0.3) is 0 Å². The van der Waals surface area contributed by atoms with E-state index in [1.165, 1.54) is 0 Å². The van der Waals surface area contributed by atoms with Crippen molar-refractivity contribution in [1.29, 1.82) is 0 Å². The lowest BCUT2D eigenvalue weighted by atomic mass is 9.96. The molecule has 0 radical (unpaired) electrons. The number of amides is 2. The monoisotopic (exact) mass is 376 g/mol. The zero-order valence-electron chi connectivity index (χ0n) is 16.4. The summed E-state index contributed by atoms with van der Waals surface area (Å²) in [5.41, 5.74) is 0.233. The van der Waals surface area contributed by atoms with Crippen molar-refractivity contribution in [1.82, 2.24) is 4.90 Å². The van der Waals surface area contributed by atoms with Gasteiger partial charge in [0.25, 0.3) is 0 Å². The van der Waals surface area contributed by atoms with Crippen LogP contribution < -0.4 is 5.32 Å². The number of likely N-dealkylation sites (tertiary alicyclic amines) is 1. The average Bonchev–Trinajstić information content (AvgIpc) is 2.61. The predicted molar refractivity (Wildman–Crippen MR) is 102 cm³/mol. The largest absolute Gasteiger partial charge is 0.462 e. The molecule has 1 fully saturated rings. The van der Waals surface area contributed by atoms with Gasteiger partial charge in [-0.1, -0.05) is 12.1 Å². The molecule has 1 aliphatic heterocycles. The summed E-state index contributed by atoms with van der Waals surface area (Å²) >= 11 is 0. The Balaban J connectivity index is 1.94. The number of esters is 1. The van der Waals surface area contributed by atoms with Crippen LogP contribution >= 0.6 is 0 Å². The summed E-state index contributed by atoms with van der Waals surface area (Å²) in [6.45, 7) is 8.41. The second-order valence-corrected chi connectivity index (χ2v) is 7.50. The third kappa shape index (κ3) is 5.98. The van der Waals surface area contributed by atoms with E-state index in [0.29, 0.717) is 37.2 Å². The fraction of sp³-hybridized carbons (Fsp3) is 0.550. The number of hydrogen-bond acceptors (Lipinski definition) is 5. The molecule has 0 aliphatic carbocycles. The number of benzene rings is 1. The molecule has 2 amide bonds. The number of anilines is 1. The number of carbonyl (C=O) groups excluding carboxylic acids is 3. The summed E-state index contributed by atoms with van der Waals surface area (Å²) in [5.74, 6) is -0.845. The van der Waals surface area contributed by atoms with E-state index in [4.69, 9.17) is 9.47 Å². The molecule has 0 bridgehead atoms. The van der Waals surface area contributed by atoms with Crippen LogP contribution in [0.15, 0.2) is 24.3 Å². The predicted octanol–water partition coefficient (Wildman–Crippen LogP) is 3.45. The Morgan fingerprint density at radius 2 is 1.78 bits per heavy atom. The lowest BCUT2D eigenvalue weighted by molar-refractivity contribution is -0.121. The lowest BCUT2D eigenvalue weighted by Gasteiger charge is -2.33. The van der Waals surface area contributed by atoms with Crippen molar-refractivity contribution >= 4 is 23.7 Å². The van der Waals surface area contributed by atoms with Gasteiger partial charge in [0.05, 0.1) is 17.9 Å². The number of carbonyl (C=O) groups is 3. The third-order valence-corrected chi connectivity index (χ3v) is 4.20. The van der Waals surface area contributed by atoms with E-state index in [1.54, 1.807) is 36.1 Å². The molecule has 1 N–H and O–H groups in total. The summed E-state index contributed by atoms with van der Waals surface area (Å²) < 4.78 is 10.4. The Hall–Kier alpha value is -2.57. The molecule has 1 aliphatic rings. The summed E-state index contributed by atoms with van der Waals surface area (Å²) in [6, 6.07) is 6.78. The van der Waals surface area contributed by atoms with Crippen molar-refractivity contribution in [3.63, 3.8) is 0 Å². The van der Waals surface area contributed by atoms with Gasteiger partial charge in [-0.3, -0.25) is 4.79 Å². The van der Waals surface area contributed by atoms with E-state index in [2.05, 4.69) is 5.32 Å². The molecule has 2 rings (SSSR count). The van der Waals surface area contributed by atoms with Crippen molar-refractivity contribution in [2.24, 2.45) is 5.92 Å². The quantitative estimate of drug-likeness (QED) is 0.814. The van der Waals surface area contributed by atoms with E-state index in [1.807, 2.05) is 20.8 Å². The van der Waals surface area contributed by atoms with Crippen LogP contribution in [-0.4, -0.2) is 48.2 Å². The van der Waals surface area contributed by atoms with Gasteiger partial charge in [0.2, 0.25) is 5.91 Å². The SMILES string of the molecule is CCOC(=O)c1ccccc1NC(=O)C1CCN(C(=O)OC(C)(C)C)CC1. The Kier molecular flexibility index (Phi) is 6.82. The minimum Gasteiger partial charge on any atom is -0.462 e. The van der Waals surface area contributed by atoms with Gasteiger partial charge in [-0.2, -0.15) is 0 Å². The molecule has 1 aromatic carbocycles. The van der Waals surface area contributed by atoms with Gasteiger partial charge in [-0.25, -0.2) is 9.59 Å². The average molecular weight is 376 g/mol. The standard InChI is InChI=1S/C20H28N2O5/c1-5-26-18(24)15-8-6-7-9-16(15)21-17(23)14-10-12-22(13-11-14)19(25)27-20(2,3)4/h6-9,14H,5,10-13H2,1-4H3,(H,21,23). The summed E-state index contributed by atoms with van der Waals surface area (Å²) in [7, 11) is 0. The van der Waals surface area contributed by atoms with Gasteiger partial charge < -0.3 is 19.7 Å². The van der Waals surface area contributed by atoms with E-state index in [0.717, 1.165) is 0 Å². The molecule has 0 unspecified atom stereocenters. The normalized spacial score (nSPS) is 15.2. The maximum absolute atomic E-state index is 12.6. The Morgan fingerprint density at radius 1 is 1.15 bits per heavy atom. The first-order valence-corrected chi connectivity index (χ1v) is 9.26. The van der Waals surface area contributed by atoms with Crippen LogP contribution in [0.5, 0.6) is 0 Å². The highest BCUT2D eigenvalue weighted by Gasteiger charge is 2.30.